The highest BCUT2D eigenvalue weighted by Gasteiger charge is 2.25. The standard InChI is InChI=1S/C25H25N7O3/c33-24(29-9-2-1-3-10-29)19-14-21-23(27-16-19)30(12-13-35-21)20-6-11-31-22(15-20)28-32(25(31)34)17-18-4-7-26-8-5-18/h4-8,11,14-16H,1-3,9-10,12-13,17H2. The average molecular weight is 472 g/mol. The molecule has 0 aromatic carbocycles. The second-order valence-corrected chi connectivity index (χ2v) is 8.81. The zero-order valence-corrected chi connectivity index (χ0v) is 19.2. The van der Waals surface area contributed by atoms with Crippen molar-refractivity contribution in [3.8, 4) is 5.75 Å². The van der Waals surface area contributed by atoms with Gasteiger partial charge in [0.05, 0.1) is 18.7 Å². The largest absolute Gasteiger partial charge is 0.488 e. The first kappa shape index (κ1) is 21.3. The first-order valence-electron chi connectivity index (χ1n) is 11.9. The Morgan fingerprint density at radius 3 is 2.69 bits per heavy atom. The lowest BCUT2D eigenvalue weighted by Crippen LogP contribution is -2.36. The molecule has 1 saturated heterocycles. The van der Waals surface area contributed by atoms with E-state index in [9.17, 15) is 9.59 Å². The molecule has 0 saturated carbocycles. The van der Waals surface area contributed by atoms with Crippen LogP contribution in [0.25, 0.3) is 5.65 Å². The summed E-state index contributed by atoms with van der Waals surface area (Å²) >= 11 is 0. The van der Waals surface area contributed by atoms with Crippen molar-refractivity contribution < 1.29 is 9.53 Å². The van der Waals surface area contributed by atoms with Gasteiger partial charge in [0.1, 0.15) is 6.61 Å². The minimum atomic E-state index is -0.204. The van der Waals surface area contributed by atoms with E-state index in [1.165, 1.54) is 15.5 Å². The van der Waals surface area contributed by atoms with Gasteiger partial charge in [-0.05, 0) is 49.1 Å². The molecule has 0 bridgehead atoms. The highest BCUT2D eigenvalue weighted by molar-refractivity contribution is 5.95. The number of ether oxygens (including phenoxy) is 1. The average Bonchev–Trinajstić information content (AvgIpc) is 3.22. The zero-order valence-electron chi connectivity index (χ0n) is 19.2. The SMILES string of the molecule is O=C(c1cnc2c(c1)OCCN2c1ccn2c(=O)n(Cc3ccncc3)nc2c1)N1CCCCC1. The lowest BCUT2D eigenvalue weighted by atomic mass is 10.1. The Kier molecular flexibility index (Phi) is 5.40. The maximum Gasteiger partial charge on any atom is 0.350 e. The smallest absolute Gasteiger partial charge is 0.350 e. The van der Waals surface area contributed by atoms with Crippen LogP contribution in [0.4, 0.5) is 11.5 Å². The van der Waals surface area contributed by atoms with E-state index in [2.05, 4.69) is 15.1 Å². The number of pyridine rings is 3. The fourth-order valence-corrected chi connectivity index (χ4v) is 4.69. The molecule has 0 radical (unpaired) electrons. The number of carbonyl (C=O) groups is 1. The molecule has 2 aliphatic heterocycles. The van der Waals surface area contributed by atoms with Crippen molar-refractivity contribution in [3.63, 3.8) is 0 Å². The van der Waals surface area contributed by atoms with Crippen molar-refractivity contribution in [1.29, 1.82) is 0 Å². The molecular formula is C25H25N7O3. The Hall–Kier alpha value is -4.21. The van der Waals surface area contributed by atoms with E-state index in [1.807, 2.05) is 34.1 Å². The molecule has 178 valence electrons. The third-order valence-corrected chi connectivity index (χ3v) is 6.51. The number of likely N-dealkylation sites (tertiary alicyclic amines) is 1. The van der Waals surface area contributed by atoms with E-state index in [0.717, 1.165) is 37.2 Å². The molecule has 10 nitrogen and oxygen atoms in total. The van der Waals surface area contributed by atoms with E-state index in [1.54, 1.807) is 30.9 Å². The fourth-order valence-electron chi connectivity index (χ4n) is 4.69. The van der Waals surface area contributed by atoms with Gasteiger partial charge in [0, 0.05) is 49.6 Å². The molecule has 4 aromatic rings. The maximum absolute atomic E-state index is 12.9. The molecule has 6 rings (SSSR count). The zero-order chi connectivity index (χ0) is 23.8. The highest BCUT2D eigenvalue weighted by atomic mass is 16.5. The van der Waals surface area contributed by atoms with E-state index < -0.39 is 0 Å². The van der Waals surface area contributed by atoms with Crippen LogP contribution in [-0.2, 0) is 6.54 Å². The number of aromatic nitrogens is 5. The quantitative estimate of drug-likeness (QED) is 0.451. The summed E-state index contributed by atoms with van der Waals surface area (Å²) in [6.07, 6.45) is 10.0. The lowest BCUT2D eigenvalue weighted by molar-refractivity contribution is 0.0723. The number of hydrogen-bond donors (Lipinski definition) is 0. The van der Waals surface area contributed by atoms with Gasteiger partial charge in [-0.1, -0.05) is 0 Å². The minimum Gasteiger partial charge on any atom is -0.488 e. The van der Waals surface area contributed by atoms with Crippen LogP contribution in [0, 0.1) is 0 Å². The van der Waals surface area contributed by atoms with Gasteiger partial charge in [0.25, 0.3) is 5.91 Å². The van der Waals surface area contributed by atoms with Crippen molar-refractivity contribution >= 4 is 23.1 Å². The second-order valence-electron chi connectivity index (χ2n) is 8.81. The van der Waals surface area contributed by atoms with Crippen LogP contribution in [0.1, 0.15) is 35.2 Å². The van der Waals surface area contributed by atoms with E-state index >= 15 is 0 Å². The molecule has 35 heavy (non-hydrogen) atoms. The molecule has 0 unspecified atom stereocenters. The van der Waals surface area contributed by atoms with E-state index in [4.69, 9.17) is 4.74 Å². The van der Waals surface area contributed by atoms with Crippen LogP contribution >= 0.6 is 0 Å². The predicted molar refractivity (Wildman–Crippen MR) is 129 cm³/mol. The van der Waals surface area contributed by atoms with Gasteiger partial charge in [-0.3, -0.25) is 14.2 Å². The molecule has 1 amide bonds. The van der Waals surface area contributed by atoms with Crippen molar-refractivity contribution in [2.45, 2.75) is 25.8 Å². The maximum atomic E-state index is 12.9. The number of fused-ring (bicyclic) bond motifs is 2. The first-order valence-corrected chi connectivity index (χ1v) is 11.9. The van der Waals surface area contributed by atoms with E-state index in [-0.39, 0.29) is 11.6 Å². The number of hydrogen-bond acceptors (Lipinski definition) is 7. The third-order valence-electron chi connectivity index (χ3n) is 6.51. The molecule has 2 aliphatic rings. The Labute approximate surface area is 201 Å². The third kappa shape index (κ3) is 4.01. The number of nitrogens with zero attached hydrogens (tertiary/aromatic N) is 7. The lowest BCUT2D eigenvalue weighted by Gasteiger charge is -2.31. The first-order chi connectivity index (χ1) is 17.2. The summed E-state index contributed by atoms with van der Waals surface area (Å²) in [6.45, 7) is 3.00. The Morgan fingerprint density at radius 1 is 1.03 bits per heavy atom. The van der Waals surface area contributed by atoms with Crippen molar-refractivity contribution in [2.24, 2.45) is 0 Å². The molecule has 1 fully saturated rings. The number of anilines is 2. The Balaban J connectivity index is 1.29. The Bertz CT molecular complexity index is 1440. The summed E-state index contributed by atoms with van der Waals surface area (Å²) in [4.78, 5) is 38.3. The van der Waals surface area contributed by atoms with Crippen LogP contribution in [0.15, 0.2) is 59.9 Å². The molecule has 0 spiro atoms. The van der Waals surface area contributed by atoms with Crippen LogP contribution < -0.4 is 15.3 Å². The fraction of sp³-hybridized carbons (Fsp3) is 0.320. The summed E-state index contributed by atoms with van der Waals surface area (Å²) in [6, 6.07) is 9.26. The molecular weight excluding hydrogens is 446 g/mol. The molecule has 0 aliphatic carbocycles. The summed E-state index contributed by atoms with van der Waals surface area (Å²) in [5.74, 6) is 1.23. The van der Waals surface area contributed by atoms with Crippen molar-refractivity contribution in [1.82, 2.24) is 29.0 Å². The molecule has 0 atom stereocenters. The molecule has 4 aromatic heterocycles. The summed E-state index contributed by atoms with van der Waals surface area (Å²) in [7, 11) is 0. The van der Waals surface area contributed by atoms with Crippen LogP contribution in [0.5, 0.6) is 5.75 Å². The van der Waals surface area contributed by atoms with Crippen LogP contribution in [0.3, 0.4) is 0 Å². The highest BCUT2D eigenvalue weighted by Crippen LogP contribution is 2.35. The number of rotatable bonds is 4. The van der Waals surface area contributed by atoms with Gasteiger partial charge in [-0.2, -0.15) is 0 Å². The summed E-state index contributed by atoms with van der Waals surface area (Å²) in [5, 5.41) is 4.53. The van der Waals surface area contributed by atoms with Gasteiger partial charge >= 0.3 is 5.69 Å². The normalized spacial score (nSPS) is 15.7. The molecule has 10 heteroatoms. The molecule has 6 heterocycles. The van der Waals surface area contributed by atoms with Crippen molar-refractivity contribution in [3.05, 3.63) is 76.7 Å². The summed E-state index contributed by atoms with van der Waals surface area (Å²) in [5.41, 5.74) is 2.69. The minimum absolute atomic E-state index is 0.00116. The van der Waals surface area contributed by atoms with Crippen LogP contribution in [0.2, 0.25) is 0 Å². The number of piperidine rings is 1. The number of carbonyl (C=O) groups excluding carboxylic acids is 1. The van der Waals surface area contributed by atoms with E-state index in [0.29, 0.717) is 42.5 Å². The molecule has 0 N–H and O–H groups in total. The predicted octanol–water partition coefficient (Wildman–Crippen LogP) is 2.49. The van der Waals surface area contributed by atoms with Gasteiger partial charge in [-0.15, -0.1) is 5.10 Å². The van der Waals surface area contributed by atoms with Gasteiger partial charge in [-0.25, -0.2) is 14.5 Å². The van der Waals surface area contributed by atoms with Gasteiger partial charge < -0.3 is 14.5 Å². The topological polar surface area (TPSA) is 97.9 Å². The Morgan fingerprint density at radius 2 is 1.86 bits per heavy atom. The number of amides is 1. The monoisotopic (exact) mass is 471 g/mol. The second kappa shape index (κ2) is 8.86. The van der Waals surface area contributed by atoms with Crippen LogP contribution in [-0.4, -0.2) is 61.2 Å². The van der Waals surface area contributed by atoms with Crippen molar-refractivity contribution in [2.75, 3.05) is 31.1 Å². The van der Waals surface area contributed by atoms with Gasteiger partial charge in [0.2, 0.25) is 0 Å². The van der Waals surface area contributed by atoms with Gasteiger partial charge in [0.15, 0.2) is 17.2 Å². The summed E-state index contributed by atoms with van der Waals surface area (Å²) < 4.78 is 8.85.